The molecule has 3 atom stereocenters. The van der Waals surface area contributed by atoms with Crippen LogP contribution < -0.4 is 21.3 Å². The molecule has 2 aliphatic heterocycles. The zero-order chi connectivity index (χ0) is 62.5. The van der Waals surface area contributed by atoms with E-state index in [-0.39, 0.29) is 180 Å². The summed E-state index contributed by atoms with van der Waals surface area (Å²) in [5.41, 5.74) is 1.38. The SMILES string of the molecule is CSCC[C@H](NC(=O)c1cccc(CNC(=O)COCCOCCOCCNC(=O)CN2CCN(CC(=O)O)CCN(CC(=O)O)CCN(CC(=O)O)CC2)c1)C(=O)CCC(=O)N[C@@H](CCCCN1C(=O)CC(SCCCC(C)=N)C1=O)C(=O)O. The lowest BCUT2D eigenvalue weighted by molar-refractivity contribution is -0.142. The molecule has 0 aliphatic carbocycles. The van der Waals surface area contributed by atoms with Crippen molar-refractivity contribution in [3.05, 3.63) is 35.4 Å². The standard InChI is InChI=1S/C55H86N10O18S2/c1-39(56)7-6-29-85-45-32-49(70)65(54(45)78)15-4-3-10-43(55(79)80)59-46(67)12-11-44(66)42(13-30-84-2)60-53(77)41-9-5-8-40(31-41)33-58-48(69)38-83-28-27-82-26-25-81-24-14-57-47(68)34-61-16-18-62(35-50(71)72)20-22-64(37-52(75)76)23-21-63(19-17-61)36-51(73)74/h5,8-9,31,42-43,45,56H,3-4,6-7,10-30,32-38H2,1-2H3,(H,57,68)(H,58,69)(H,59,67)(H,60,77)(H,71,72)(H,73,74)(H,75,76)(H,79,80)/t42-,43-,45?/m0/s1. The number of hydrogen-bond donors (Lipinski definition) is 9. The summed E-state index contributed by atoms with van der Waals surface area (Å²) in [4.78, 5) is 145. The number of aliphatic carboxylic acids is 4. The predicted octanol–water partition coefficient (Wildman–Crippen LogP) is -0.435. The Bertz CT molecular complexity index is 2340. The first kappa shape index (κ1) is 73.1. The van der Waals surface area contributed by atoms with E-state index in [0.29, 0.717) is 55.1 Å². The fourth-order valence-electron chi connectivity index (χ4n) is 8.91. The first-order valence-corrected chi connectivity index (χ1v) is 30.8. The molecule has 2 saturated heterocycles. The third kappa shape index (κ3) is 32.3. The van der Waals surface area contributed by atoms with Crippen LogP contribution in [0.4, 0.5) is 0 Å². The molecule has 0 spiro atoms. The molecule has 0 bridgehead atoms. The number of Topliss-reactive ketones (excluding diaryl/α,β-unsaturated/α-hetero) is 1. The van der Waals surface area contributed by atoms with Gasteiger partial charge in [0.2, 0.25) is 29.5 Å². The Morgan fingerprint density at radius 3 is 1.79 bits per heavy atom. The van der Waals surface area contributed by atoms with Crippen LogP contribution in [0, 0.1) is 5.41 Å². The van der Waals surface area contributed by atoms with Gasteiger partial charge in [-0.1, -0.05) is 12.1 Å². The summed E-state index contributed by atoms with van der Waals surface area (Å²) in [5.74, 6) is -6.13. The lowest BCUT2D eigenvalue weighted by Crippen LogP contribution is -2.50. The number of carboxylic acid groups (broad SMARTS) is 4. The molecule has 30 heteroatoms. The van der Waals surface area contributed by atoms with Crippen molar-refractivity contribution in [3.8, 4) is 0 Å². The van der Waals surface area contributed by atoms with Gasteiger partial charge in [0.25, 0.3) is 5.91 Å². The fraction of sp³-hybridized carbons (Fsp3) is 0.673. The quantitative estimate of drug-likeness (QED) is 0.0228. The highest BCUT2D eigenvalue weighted by Gasteiger charge is 2.38. The average molecular weight is 1240 g/mol. The van der Waals surface area contributed by atoms with E-state index in [1.807, 2.05) is 11.2 Å². The van der Waals surface area contributed by atoms with Gasteiger partial charge in [-0.15, -0.1) is 11.8 Å². The number of benzene rings is 1. The van der Waals surface area contributed by atoms with Crippen LogP contribution in [-0.2, 0) is 68.7 Å². The first-order valence-electron chi connectivity index (χ1n) is 28.4. The number of carbonyl (C=O) groups is 11. The van der Waals surface area contributed by atoms with Crippen molar-refractivity contribution >= 4 is 94.3 Å². The Labute approximate surface area is 504 Å². The molecule has 1 aromatic carbocycles. The summed E-state index contributed by atoms with van der Waals surface area (Å²) in [6, 6.07) is 4.27. The van der Waals surface area contributed by atoms with E-state index in [1.165, 1.54) is 28.4 Å². The van der Waals surface area contributed by atoms with E-state index >= 15 is 0 Å². The van der Waals surface area contributed by atoms with Crippen LogP contribution >= 0.6 is 23.5 Å². The predicted molar refractivity (Wildman–Crippen MR) is 315 cm³/mol. The van der Waals surface area contributed by atoms with Crippen molar-refractivity contribution in [3.63, 3.8) is 0 Å². The van der Waals surface area contributed by atoms with E-state index in [4.69, 9.17) is 19.6 Å². The average Bonchev–Trinajstić information content (AvgIpc) is 3.89. The lowest BCUT2D eigenvalue weighted by Gasteiger charge is -2.32. The number of ether oxygens (including phenoxy) is 3. The topological polar surface area (TPSA) is 385 Å². The maximum Gasteiger partial charge on any atom is 0.326 e. The summed E-state index contributed by atoms with van der Waals surface area (Å²) in [7, 11) is 0. The number of likely N-dealkylation sites (tertiary alicyclic amines) is 1. The molecule has 0 saturated carbocycles. The van der Waals surface area contributed by atoms with Crippen LogP contribution in [-0.4, -0.2) is 282 Å². The van der Waals surface area contributed by atoms with Gasteiger partial charge in [-0.2, -0.15) is 11.8 Å². The maximum absolute atomic E-state index is 13.4. The van der Waals surface area contributed by atoms with E-state index in [2.05, 4.69) is 21.3 Å². The Morgan fingerprint density at radius 1 is 0.647 bits per heavy atom. The van der Waals surface area contributed by atoms with Crippen LogP contribution in [0.25, 0.3) is 0 Å². The summed E-state index contributed by atoms with van der Waals surface area (Å²) < 4.78 is 16.5. The fourth-order valence-corrected chi connectivity index (χ4v) is 10.5. The Morgan fingerprint density at radius 2 is 1.22 bits per heavy atom. The number of nitrogens with one attached hydrogen (secondary N) is 5. The van der Waals surface area contributed by atoms with Crippen molar-refractivity contribution in [1.29, 1.82) is 5.41 Å². The minimum atomic E-state index is -1.27. The van der Waals surface area contributed by atoms with E-state index in [9.17, 15) is 73.2 Å². The van der Waals surface area contributed by atoms with Gasteiger partial charge in [0.15, 0.2) is 5.78 Å². The van der Waals surface area contributed by atoms with Crippen molar-refractivity contribution in [1.82, 2.24) is 45.8 Å². The van der Waals surface area contributed by atoms with Crippen LogP contribution in [0.3, 0.4) is 0 Å². The van der Waals surface area contributed by atoms with Gasteiger partial charge in [-0.3, -0.25) is 72.4 Å². The third-order valence-corrected chi connectivity index (χ3v) is 15.4. The number of hydrogen-bond acceptors (Lipinski definition) is 21. The van der Waals surface area contributed by atoms with Gasteiger partial charge in [0.1, 0.15) is 12.6 Å². The number of imide groups is 1. The maximum atomic E-state index is 13.4. The summed E-state index contributed by atoms with van der Waals surface area (Å²) in [5, 5.41) is 55.8. The normalized spacial score (nSPS) is 16.6. The minimum Gasteiger partial charge on any atom is -0.480 e. The molecule has 2 aliphatic rings. The van der Waals surface area contributed by atoms with Crippen molar-refractivity contribution in [2.24, 2.45) is 0 Å². The molecular weight excluding hydrogens is 1150 g/mol. The second-order valence-corrected chi connectivity index (χ2v) is 22.7. The molecule has 0 radical (unpaired) electrons. The van der Waals surface area contributed by atoms with Crippen LogP contribution in [0.1, 0.15) is 80.6 Å². The number of carboxylic acids is 4. The molecule has 9 N–H and O–H groups in total. The highest BCUT2D eigenvalue weighted by molar-refractivity contribution is 8.00. The lowest BCUT2D eigenvalue weighted by atomic mass is 10.0. The Balaban J connectivity index is 1.31. The summed E-state index contributed by atoms with van der Waals surface area (Å²) in [6.07, 6.45) is 3.70. The Hall–Kier alpha value is -6.12. The van der Waals surface area contributed by atoms with Crippen LogP contribution in [0.15, 0.2) is 24.3 Å². The van der Waals surface area contributed by atoms with Crippen LogP contribution in [0.2, 0.25) is 0 Å². The van der Waals surface area contributed by atoms with Crippen LogP contribution in [0.5, 0.6) is 0 Å². The van der Waals surface area contributed by atoms with Crippen molar-refractivity contribution < 1.29 is 87.4 Å². The zero-order valence-corrected chi connectivity index (χ0v) is 50.4. The number of unbranched alkanes of at least 4 members (excludes halogenated alkanes) is 1. The highest BCUT2D eigenvalue weighted by atomic mass is 32.2. The molecule has 28 nitrogen and oxygen atoms in total. The van der Waals surface area contributed by atoms with Gasteiger partial charge >= 0.3 is 23.9 Å². The van der Waals surface area contributed by atoms with Gasteiger partial charge < -0.3 is 61.3 Å². The van der Waals surface area contributed by atoms with E-state index in [1.54, 1.807) is 45.9 Å². The number of amides is 6. The van der Waals surface area contributed by atoms with Crippen molar-refractivity contribution in [2.45, 2.75) is 88.6 Å². The number of ketones is 1. The molecule has 85 heavy (non-hydrogen) atoms. The molecule has 2 fully saturated rings. The molecule has 6 amide bonds. The summed E-state index contributed by atoms with van der Waals surface area (Å²) in [6.45, 7) is 4.11. The smallest absolute Gasteiger partial charge is 0.326 e. The van der Waals surface area contributed by atoms with E-state index in [0.717, 1.165) is 6.42 Å². The summed E-state index contributed by atoms with van der Waals surface area (Å²) >= 11 is 2.87. The van der Waals surface area contributed by atoms with Gasteiger partial charge in [-0.25, -0.2) is 4.79 Å². The molecule has 0 aromatic heterocycles. The minimum absolute atomic E-state index is 0.0295. The first-order chi connectivity index (χ1) is 40.6. The second kappa shape index (κ2) is 41.8. The monoisotopic (exact) mass is 1240 g/mol. The van der Waals surface area contributed by atoms with Crippen molar-refractivity contribution in [2.75, 3.05) is 149 Å². The van der Waals surface area contributed by atoms with Gasteiger partial charge in [-0.05, 0) is 80.9 Å². The zero-order valence-electron chi connectivity index (χ0n) is 48.7. The molecule has 1 unspecified atom stereocenters. The number of thioether (sulfide) groups is 2. The van der Waals surface area contributed by atoms with Gasteiger partial charge in [0.05, 0.1) is 70.5 Å². The molecular formula is C55H86N10O18S2. The molecule has 2 heterocycles. The number of carbonyl (C=O) groups excluding carboxylic acids is 7. The number of rotatable bonds is 42. The van der Waals surface area contributed by atoms with E-state index < -0.39 is 64.7 Å². The number of nitrogens with zero attached hydrogens (tertiary/aromatic N) is 5. The second-order valence-electron chi connectivity index (χ2n) is 20.4. The third-order valence-electron chi connectivity index (χ3n) is 13.5. The molecule has 476 valence electrons. The van der Waals surface area contributed by atoms with Gasteiger partial charge in [0, 0.05) is 103 Å². The molecule has 3 rings (SSSR count). The highest BCUT2D eigenvalue weighted by Crippen LogP contribution is 2.26. The molecule has 1 aromatic rings. The largest absolute Gasteiger partial charge is 0.480 e. The Kier molecular flexibility index (Phi) is 36.0.